The fourth-order valence-electron chi connectivity index (χ4n) is 2.40. The molecule has 0 spiro atoms. The van der Waals surface area contributed by atoms with E-state index < -0.39 is 0 Å². The second-order valence-corrected chi connectivity index (χ2v) is 6.73. The van der Waals surface area contributed by atoms with Crippen molar-refractivity contribution in [2.75, 3.05) is 0 Å². The first-order valence-corrected chi connectivity index (χ1v) is 7.64. The topological polar surface area (TPSA) is 49.2 Å². The molecule has 0 radical (unpaired) electrons. The average Bonchev–Trinajstić information content (AvgIpc) is 3.01. The lowest BCUT2D eigenvalue weighted by Gasteiger charge is -2.32. The third kappa shape index (κ3) is 2.94. The first kappa shape index (κ1) is 15.2. The van der Waals surface area contributed by atoms with Crippen LogP contribution in [0.4, 0.5) is 0 Å². The van der Waals surface area contributed by atoms with Crippen LogP contribution in [0.3, 0.4) is 0 Å². The van der Waals surface area contributed by atoms with E-state index in [0.29, 0.717) is 0 Å². The van der Waals surface area contributed by atoms with Crippen molar-refractivity contribution in [3.8, 4) is 0 Å². The van der Waals surface area contributed by atoms with Gasteiger partial charge in [0.15, 0.2) is 0 Å². The summed E-state index contributed by atoms with van der Waals surface area (Å²) in [6.45, 7) is 9.05. The van der Waals surface area contributed by atoms with Crippen molar-refractivity contribution in [3.63, 3.8) is 0 Å². The quantitative estimate of drug-likeness (QED) is 0.808. The molecule has 2 aromatic rings. The molecule has 0 amide bonds. The molecule has 0 unspecified atom stereocenters. The Kier molecular flexibility index (Phi) is 3.83. The molecule has 5 nitrogen and oxygen atoms in total. The van der Waals surface area contributed by atoms with Crippen LogP contribution in [-0.2, 0) is 22.3 Å². The minimum absolute atomic E-state index is 0.323. The predicted molar refractivity (Wildman–Crippen MR) is 85.9 cm³/mol. The Hall–Kier alpha value is -1.66. The first-order valence-electron chi connectivity index (χ1n) is 7.64. The molecule has 0 N–H and O–H groups in total. The van der Waals surface area contributed by atoms with E-state index in [9.17, 15) is 0 Å². The minimum Gasteiger partial charge on any atom is -0.399 e. The van der Waals surface area contributed by atoms with Crippen LogP contribution in [-0.4, -0.2) is 33.1 Å². The van der Waals surface area contributed by atoms with Crippen molar-refractivity contribution >= 4 is 12.6 Å². The summed E-state index contributed by atoms with van der Waals surface area (Å²) in [6, 6.07) is 4.05. The maximum Gasteiger partial charge on any atom is 0.498 e. The molecule has 1 aliphatic heterocycles. The zero-order valence-electron chi connectivity index (χ0n) is 13.6. The Morgan fingerprint density at radius 3 is 2.36 bits per heavy atom. The second-order valence-electron chi connectivity index (χ2n) is 6.73. The molecule has 3 rings (SSSR count). The largest absolute Gasteiger partial charge is 0.498 e. The fraction of sp³-hybridized carbons (Fsp3) is 0.500. The Bertz CT molecular complexity index is 624. The van der Waals surface area contributed by atoms with Gasteiger partial charge in [0.25, 0.3) is 0 Å². The summed E-state index contributed by atoms with van der Waals surface area (Å²) >= 11 is 0. The number of aryl methyl sites for hydroxylation is 2. The molecule has 0 aromatic carbocycles. The Morgan fingerprint density at radius 2 is 1.73 bits per heavy atom. The molecule has 0 bridgehead atoms. The monoisotopic (exact) mass is 299 g/mol. The van der Waals surface area contributed by atoms with E-state index in [1.54, 1.807) is 0 Å². The molecule has 0 atom stereocenters. The lowest BCUT2D eigenvalue weighted by molar-refractivity contribution is 0.00578. The van der Waals surface area contributed by atoms with Crippen LogP contribution in [0, 0.1) is 0 Å². The molecule has 0 saturated carbocycles. The van der Waals surface area contributed by atoms with Crippen LogP contribution >= 0.6 is 0 Å². The Morgan fingerprint density at radius 1 is 1.09 bits per heavy atom. The minimum atomic E-state index is -0.348. The molecule has 116 valence electrons. The van der Waals surface area contributed by atoms with E-state index in [1.165, 1.54) is 5.56 Å². The van der Waals surface area contributed by atoms with E-state index in [0.717, 1.165) is 18.4 Å². The van der Waals surface area contributed by atoms with Gasteiger partial charge in [-0.15, -0.1) is 0 Å². The third-order valence-electron chi connectivity index (χ3n) is 4.56. The van der Waals surface area contributed by atoms with Crippen molar-refractivity contribution in [2.24, 2.45) is 0 Å². The van der Waals surface area contributed by atoms with Crippen LogP contribution in [0.15, 0.2) is 36.9 Å². The van der Waals surface area contributed by atoms with Crippen LogP contribution in [0.25, 0.3) is 0 Å². The number of nitrogens with zero attached hydrogens (tertiary/aromatic N) is 3. The molecule has 2 aromatic heterocycles. The summed E-state index contributed by atoms with van der Waals surface area (Å²) < 4.78 is 14.0. The van der Waals surface area contributed by atoms with Crippen LogP contribution in [0.1, 0.15) is 33.3 Å². The Labute approximate surface area is 131 Å². The zero-order valence-corrected chi connectivity index (χ0v) is 13.6. The highest BCUT2D eigenvalue weighted by atomic mass is 16.7. The van der Waals surface area contributed by atoms with Gasteiger partial charge in [0.1, 0.15) is 0 Å². The molecule has 0 aliphatic carbocycles. The Balaban J connectivity index is 1.65. The van der Waals surface area contributed by atoms with E-state index in [2.05, 4.69) is 37.8 Å². The summed E-state index contributed by atoms with van der Waals surface area (Å²) in [5, 5.41) is 4.41. The van der Waals surface area contributed by atoms with Crippen LogP contribution in [0.5, 0.6) is 0 Å². The molecular formula is C16H22BN3O2. The van der Waals surface area contributed by atoms with Gasteiger partial charge in [-0.3, -0.25) is 9.67 Å². The van der Waals surface area contributed by atoms with Gasteiger partial charge in [-0.1, -0.05) is 0 Å². The van der Waals surface area contributed by atoms with Gasteiger partial charge in [-0.05, 0) is 51.8 Å². The van der Waals surface area contributed by atoms with Crippen molar-refractivity contribution < 1.29 is 9.31 Å². The zero-order chi connectivity index (χ0) is 15.8. The highest BCUT2D eigenvalue weighted by Crippen LogP contribution is 2.36. The number of rotatable bonds is 4. The van der Waals surface area contributed by atoms with E-state index in [1.807, 2.05) is 41.6 Å². The smallest absolute Gasteiger partial charge is 0.399 e. The predicted octanol–water partition coefficient (Wildman–Crippen LogP) is 1.82. The summed E-state index contributed by atoms with van der Waals surface area (Å²) in [5.41, 5.74) is 1.57. The molecular weight excluding hydrogens is 277 g/mol. The standard InChI is InChI=1S/C16H22BN3O2/c1-15(2)16(3,4)22-17(21-15)14-11-19-20(12-14)10-7-13-5-8-18-9-6-13/h5-6,8-9,11-12H,7,10H2,1-4H3. The number of hydrogen-bond acceptors (Lipinski definition) is 4. The van der Waals surface area contributed by atoms with E-state index in [-0.39, 0.29) is 18.3 Å². The van der Waals surface area contributed by atoms with E-state index in [4.69, 9.17) is 9.31 Å². The van der Waals surface area contributed by atoms with E-state index >= 15 is 0 Å². The second kappa shape index (κ2) is 5.52. The fourth-order valence-corrected chi connectivity index (χ4v) is 2.40. The van der Waals surface area contributed by atoms with Crippen molar-refractivity contribution in [1.82, 2.24) is 14.8 Å². The molecule has 1 aliphatic rings. The maximum atomic E-state index is 6.04. The van der Waals surface area contributed by atoms with Crippen LogP contribution < -0.4 is 5.46 Å². The summed E-state index contributed by atoms with van der Waals surface area (Å²) in [7, 11) is -0.348. The lowest BCUT2D eigenvalue weighted by atomic mass is 9.82. The first-order chi connectivity index (χ1) is 10.4. The van der Waals surface area contributed by atoms with Gasteiger partial charge in [-0.25, -0.2) is 0 Å². The summed E-state index contributed by atoms with van der Waals surface area (Å²) in [5.74, 6) is 0. The van der Waals surface area contributed by atoms with Crippen molar-refractivity contribution in [2.45, 2.75) is 51.9 Å². The van der Waals surface area contributed by atoms with Gasteiger partial charge in [0.2, 0.25) is 0 Å². The molecule has 6 heteroatoms. The van der Waals surface area contributed by atoms with Crippen molar-refractivity contribution in [1.29, 1.82) is 0 Å². The molecule has 1 saturated heterocycles. The highest BCUT2D eigenvalue weighted by molar-refractivity contribution is 6.61. The third-order valence-corrected chi connectivity index (χ3v) is 4.56. The van der Waals surface area contributed by atoms with Crippen LogP contribution in [0.2, 0.25) is 0 Å². The molecule has 1 fully saturated rings. The number of pyridine rings is 1. The van der Waals surface area contributed by atoms with Gasteiger partial charge < -0.3 is 9.31 Å². The highest BCUT2D eigenvalue weighted by Gasteiger charge is 2.52. The van der Waals surface area contributed by atoms with Crippen molar-refractivity contribution in [3.05, 3.63) is 42.5 Å². The molecule has 22 heavy (non-hydrogen) atoms. The molecule has 3 heterocycles. The average molecular weight is 299 g/mol. The lowest BCUT2D eigenvalue weighted by Crippen LogP contribution is -2.41. The number of hydrogen-bond donors (Lipinski definition) is 0. The SMILES string of the molecule is CC1(C)OB(c2cnn(CCc3ccncc3)c2)OC1(C)C. The van der Waals surface area contributed by atoms with Gasteiger partial charge in [0, 0.05) is 36.8 Å². The van der Waals surface area contributed by atoms with Gasteiger partial charge in [0.05, 0.1) is 11.2 Å². The normalized spacial score (nSPS) is 19.5. The summed E-state index contributed by atoms with van der Waals surface area (Å²) in [6.07, 6.45) is 8.38. The summed E-state index contributed by atoms with van der Waals surface area (Å²) in [4.78, 5) is 4.03. The maximum absolute atomic E-state index is 6.04. The number of aromatic nitrogens is 3. The van der Waals surface area contributed by atoms with Gasteiger partial charge in [-0.2, -0.15) is 5.10 Å². The van der Waals surface area contributed by atoms with Gasteiger partial charge >= 0.3 is 7.12 Å².